The molecule has 1 amide bonds. The number of nitrogens with zero attached hydrogens (tertiary/aromatic N) is 1. The number of carbonyl (C=O) groups excluding carboxylic acids is 2. The zero-order chi connectivity index (χ0) is 51.8. The van der Waals surface area contributed by atoms with Crippen molar-refractivity contribution >= 4 is 41.1 Å². The number of alkyl halides is 2. The fourth-order valence-electron chi connectivity index (χ4n) is 9.23. The van der Waals surface area contributed by atoms with E-state index in [-0.39, 0.29) is 78.2 Å². The molecule has 2 saturated carbocycles. The van der Waals surface area contributed by atoms with Crippen molar-refractivity contribution in [2.24, 2.45) is 29.4 Å². The van der Waals surface area contributed by atoms with E-state index < -0.39 is 51.8 Å². The quantitative estimate of drug-likeness (QED) is 0.0245. The molecule has 6 aliphatic rings. The maximum atomic E-state index is 12.4. The van der Waals surface area contributed by atoms with Crippen molar-refractivity contribution < 1.29 is 67.4 Å². The highest BCUT2D eigenvalue weighted by molar-refractivity contribution is 6.40. The van der Waals surface area contributed by atoms with Gasteiger partial charge in [0, 0.05) is 39.4 Å². The molecule has 6 fully saturated rings. The minimum Gasteiger partial charge on any atom is -0.443 e. The van der Waals surface area contributed by atoms with E-state index in [1.165, 1.54) is 24.3 Å². The molecule has 1 aromatic rings. The molecule has 70 heavy (non-hydrogen) atoms. The number of allylic oxidation sites excluding steroid dienone is 2. The Hall–Kier alpha value is -3.14. The first-order chi connectivity index (χ1) is 32.2. The Morgan fingerprint density at radius 1 is 0.843 bits per heavy atom. The van der Waals surface area contributed by atoms with Crippen LogP contribution in [0.25, 0.3) is 0 Å². The second kappa shape index (κ2) is 25.2. The van der Waals surface area contributed by atoms with Crippen LogP contribution in [0.2, 0.25) is 0 Å². The van der Waals surface area contributed by atoms with E-state index in [4.69, 9.17) is 76.7 Å². The van der Waals surface area contributed by atoms with Crippen LogP contribution < -0.4 is 15.8 Å². The lowest BCUT2D eigenvalue weighted by atomic mass is 9.68. The summed E-state index contributed by atoms with van der Waals surface area (Å²) in [7, 11) is 3.25. The first-order valence-corrected chi connectivity index (χ1v) is 24.6. The number of hydrogen-bond donors (Lipinski definition) is 4. The predicted molar refractivity (Wildman–Crippen MR) is 266 cm³/mol. The molecule has 400 valence electrons. The minimum absolute atomic E-state index is 0. The Morgan fingerprint density at radius 3 is 1.57 bits per heavy atom. The number of methoxy groups -OCH3 is 2. The van der Waals surface area contributed by atoms with Gasteiger partial charge in [-0.05, 0) is 91.2 Å². The van der Waals surface area contributed by atoms with Gasteiger partial charge in [-0.2, -0.15) is 0 Å². The van der Waals surface area contributed by atoms with Crippen molar-refractivity contribution in [3.8, 4) is 5.75 Å². The highest BCUT2D eigenvalue weighted by Gasteiger charge is 2.73. The SMILES string of the molecule is C.CC(C)(O)CN.CO[C@H]1C([C@@]2(C)O[C@@H]2/C=C/C(C)C)[C@]2(CC[C@H]1OC(=O)NCC(C)(C)O)CO2.CO[C@H]1C([C@]2(C)O[C@@H]2/C=C/C(C)C)[C@]2(CC[C@H]1OC(=O)Oc1ccc([N+](=O)[O-])cc1)CO2.ClCCl. The van der Waals surface area contributed by atoms with Crippen LogP contribution in [0, 0.1) is 33.8 Å². The number of ether oxygens (including phenoxy) is 9. The number of amides is 1. The molecular formula is C50H81Cl2N3O15. The number of benzene rings is 1. The van der Waals surface area contributed by atoms with Gasteiger partial charge >= 0.3 is 12.2 Å². The van der Waals surface area contributed by atoms with Crippen LogP contribution in [0.15, 0.2) is 48.6 Å². The number of aliphatic hydroxyl groups is 2. The van der Waals surface area contributed by atoms with E-state index >= 15 is 0 Å². The van der Waals surface area contributed by atoms with E-state index in [9.17, 15) is 24.8 Å². The lowest BCUT2D eigenvalue weighted by Crippen LogP contribution is -2.56. The summed E-state index contributed by atoms with van der Waals surface area (Å²) < 4.78 is 52.2. The fraction of sp³-hybridized carbons (Fsp3) is 0.760. The van der Waals surface area contributed by atoms with Gasteiger partial charge in [-0.15, -0.1) is 23.2 Å². The lowest BCUT2D eigenvalue weighted by molar-refractivity contribution is -0.384. The number of carbonyl (C=O) groups is 2. The molecule has 1 aromatic carbocycles. The van der Waals surface area contributed by atoms with E-state index in [0.29, 0.717) is 44.4 Å². The standard InChI is InChI=1S/C23H29NO8.C21H35NO6.C4H11NO.CH2Cl2.CH4/c1-14(2)5-10-18-22(3,32-18)20-19(28-4)17(11-12-23(20)13-29-23)31-21(25)30-16-8-6-15(7-9-16)24(26)27;1-13(2)7-8-15-20(5,28-15)17-16(25-6)14(9-10-21(17)12-26-21)27-18(23)22-11-19(3,4)24;1-4(2,6)3-5;2-1-3;/h5-10,14,17-20H,11-13H2,1-4H3;7-8,13-17,24H,9-12H2,1-6H3,(H,22,23);6H,3,5H2,1-2H3;1H2;1H4/b10-5+;8-7+;;;/t17-,18-,19-,20?,22-,23+;14-,15-,16-,17?,20+,21+;;;/m11.../s1. The van der Waals surface area contributed by atoms with Gasteiger partial charge in [0.25, 0.3) is 5.69 Å². The van der Waals surface area contributed by atoms with Crippen LogP contribution >= 0.6 is 23.2 Å². The molecule has 5 N–H and O–H groups in total. The zero-order valence-electron chi connectivity index (χ0n) is 42.2. The third-order valence-electron chi connectivity index (χ3n) is 13.1. The Bertz CT molecular complexity index is 1900. The lowest BCUT2D eigenvalue weighted by Gasteiger charge is -2.42. The molecule has 18 nitrogen and oxygen atoms in total. The third kappa shape index (κ3) is 16.7. The number of rotatable bonds is 15. The van der Waals surface area contributed by atoms with Crippen molar-refractivity contribution in [1.82, 2.24) is 5.32 Å². The van der Waals surface area contributed by atoms with E-state index in [1.54, 1.807) is 41.9 Å². The van der Waals surface area contributed by atoms with Crippen LogP contribution in [0.3, 0.4) is 0 Å². The Balaban J connectivity index is 0.000000314. The van der Waals surface area contributed by atoms with Crippen molar-refractivity contribution in [3.05, 3.63) is 58.7 Å². The number of epoxide rings is 4. The maximum Gasteiger partial charge on any atom is 0.514 e. The summed E-state index contributed by atoms with van der Waals surface area (Å²) in [4.78, 5) is 34.9. The van der Waals surface area contributed by atoms with Crippen LogP contribution in [-0.4, -0.2) is 143 Å². The summed E-state index contributed by atoms with van der Waals surface area (Å²) in [6.45, 7) is 21.0. The second-order valence-corrected chi connectivity index (χ2v) is 21.6. The van der Waals surface area contributed by atoms with Crippen LogP contribution in [0.5, 0.6) is 5.75 Å². The van der Waals surface area contributed by atoms with Crippen LogP contribution in [-0.2, 0) is 37.9 Å². The average molecular weight is 1040 g/mol. The number of alkyl carbamates (subject to hydrolysis) is 1. The Kier molecular flexibility index (Phi) is 22.0. The van der Waals surface area contributed by atoms with E-state index in [0.717, 1.165) is 12.8 Å². The molecule has 20 heteroatoms. The summed E-state index contributed by atoms with van der Waals surface area (Å²) in [6.07, 6.45) is 8.17. The molecule has 2 spiro atoms. The van der Waals surface area contributed by atoms with Crippen molar-refractivity contribution in [2.45, 2.75) is 173 Å². The number of nitrogens with one attached hydrogen (secondary N) is 1. The van der Waals surface area contributed by atoms with E-state index in [1.807, 2.05) is 0 Å². The van der Waals surface area contributed by atoms with E-state index in [2.05, 4.69) is 71.2 Å². The first kappa shape index (κ1) is 61.2. The minimum atomic E-state index is -0.994. The topological polar surface area (TPSA) is 252 Å². The summed E-state index contributed by atoms with van der Waals surface area (Å²) >= 11 is 9.53. The third-order valence-corrected chi connectivity index (χ3v) is 13.1. The molecule has 2 unspecified atom stereocenters. The van der Waals surface area contributed by atoms with Gasteiger partial charge in [-0.25, -0.2) is 9.59 Å². The Labute approximate surface area is 424 Å². The molecule has 7 rings (SSSR count). The molecule has 12 atom stereocenters. The molecule has 0 aromatic heterocycles. The molecule has 2 aliphatic carbocycles. The molecule has 0 radical (unpaired) electrons. The fourth-order valence-corrected chi connectivity index (χ4v) is 9.23. The van der Waals surface area contributed by atoms with Crippen LogP contribution in [0.1, 0.15) is 102 Å². The predicted octanol–water partition coefficient (Wildman–Crippen LogP) is 8.23. The normalized spacial score (nSPS) is 33.7. The highest BCUT2D eigenvalue weighted by Crippen LogP contribution is 2.60. The molecular weight excluding hydrogens is 953 g/mol. The maximum absolute atomic E-state index is 12.4. The van der Waals surface area contributed by atoms with Crippen LogP contribution in [0.4, 0.5) is 15.3 Å². The average Bonchev–Trinajstić information content (AvgIpc) is 4.15. The first-order valence-electron chi connectivity index (χ1n) is 23.6. The molecule has 4 heterocycles. The van der Waals surface area contributed by atoms with Gasteiger partial charge in [0.15, 0.2) is 0 Å². The summed E-state index contributed by atoms with van der Waals surface area (Å²) in [5.74, 6) is 0.921. The number of nitrogens with two attached hydrogens (primary N) is 1. The molecule has 4 aliphatic heterocycles. The molecule has 4 saturated heterocycles. The number of halogens is 2. The van der Waals surface area contributed by atoms with Gasteiger partial charge in [0.05, 0.1) is 46.5 Å². The number of hydrogen-bond acceptors (Lipinski definition) is 16. The summed E-state index contributed by atoms with van der Waals surface area (Å²) in [5.41, 5.74) is 1.86. The highest BCUT2D eigenvalue weighted by atomic mass is 35.5. The summed E-state index contributed by atoms with van der Waals surface area (Å²) in [5, 5.41) is 32.1. The zero-order valence-corrected chi connectivity index (χ0v) is 43.8. The smallest absolute Gasteiger partial charge is 0.443 e. The molecule has 0 bridgehead atoms. The summed E-state index contributed by atoms with van der Waals surface area (Å²) in [6, 6.07) is 5.24. The second-order valence-electron chi connectivity index (χ2n) is 20.8. The van der Waals surface area contributed by atoms with Crippen molar-refractivity contribution in [1.29, 1.82) is 0 Å². The van der Waals surface area contributed by atoms with Gasteiger partial charge in [-0.3, -0.25) is 10.1 Å². The largest absolute Gasteiger partial charge is 0.514 e. The number of nitro groups is 1. The Morgan fingerprint density at radius 2 is 1.24 bits per heavy atom. The van der Waals surface area contributed by atoms with Gasteiger partial charge in [0.1, 0.15) is 64.8 Å². The van der Waals surface area contributed by atoms with Crippen molar-refractivity contribution in [3.63, 3.8) is 0 Å². The van der Waals surface area contributed by atoms with Gasteiger partial charge in [-0.1, -0.05) is 59.4 Å². The van der Waals surface area contributed by atoms with Crippen molar-refractivity contribution in [2.75, 3.05) is 45.9 Å². The number of non-ortho nitro benzene ring substituents is 1. The van der Waals surface area contributed by atoms with Gasteiger partial charge < -0.3 is 63.9 Å². The number of nitro benzene ring substituents is 1. The van der Waals surface area contributed by atoms with Gasteiger partial charge in [0.2, 0.25) is 0 Å². The monoisotopic (exact) mass is 1030 g/mol.